The first-order valence-electron chi connectivity index (χ1n) is 5.33. The smallest absolute Gasteiger partial charge is 0.215 e. The van der Waals surface area contributed by atoms with E-state index in [0.29, 0.717) is 0 Å². The van der Waals surface area contributed by atoms with Gasteiger partial charge in [0.15, 0.2) is 0 Å². The summed E-state index contributed by atoms with van der Waals surface area (Å²) in [4.78, 5) is 4.82. The zero-order chi connectivity index (χ0) is 12.8. The van der Waals surface area contributed by atoms with Crippen LogP contribution in [0.2, 0.25) is 0 Å². The van der Waals surface area contributed by atoms with Crippen molar-refractivity contribution in [3.8, 4) is 0 Å². The van der Waals surface area contributed by atoms with Crippen LogP contribution in [0.4, 0.5) is 0 Å². The van der Waals surface area contributed by atoms with Gasteiger partial charge in [-0.3, -0.25) is 0 Å². The molecular formula is C13H12O4S. The third-order valence-electron chi connectivity index (χ3n) is 2.24. The molecule has 0 bridgehead atoms. The lowest BCUT2D eigenvalue weighted by Gasteiger charge is -2.04. The Morgan fingerprint density at radius 1 is 0.833 bits per heavy atom. The van der Waals surface area contributed by atoms with Crippen LogP contribution in [-0.4, -0.2) is 8.42 Å². The molecule has 4 nitrogen and oxygen atoms in total. The Bertz CT molecular complexity index is 579. The summed E-state index contributed by atoms with van der Waals surface area (Å²) >= 11 is 0. The summed E-state index contributed by atoms with van der Waals surface area (Å²) in [5.41, 5.74) is 0.834. The Balaban J connectivity index is 1.95. The summed E-state index contributed by atoms with van der Waals surface area (Å²) in [5, 5.41) is 0. The molecular weight excluding hydrogens is 252 g/mol. The fourth-order valence-corrected chi connectivity index (χ4v) is 2.10. The monoisotopic (exact) mass is 264 g/mol. The van der Waals surface area contributed by atoms with Crippen LogP contribution in [-0.2, 0) is 25.9 Å². The SMILES string of the molecule is O=S(=O)(OOCc1ccccc1)c1ccccc1. The second-order valence-corrected chi connectivity index (χ2v) is 5.10. The summed E-state index contributed by atoms with van der Waals surface area (Å²) < 4.78 is 27.8. The summed E-state index contributed by atoms with van der Waals surface area (Å²) in [6.07, 6.45) is 0. The minimum absolute atomic E-state index is 0.0676. The van der Waals surface area contributed by atoms with Crippen LogP contribution in [0.5, 0.6) is 0 Å². The topological polar surface area (TPSA) is 52.6 Å². The van der Waals surface area contributed by atoms with Gasteiger partial charge in [0.05, 0.1) is 4.90 Å². The van der Waals surface area contributed by atoms with E-state index in [9.17, 15) is 8.42 Å². The van der Waals surface area contributed by atoms with Crippen molar-refractivity contribution in [1.82, 2.24) is 0 Å². The summed E-state index contributed by atoms with van der Waals surface area (Å²) in [6.45, 7) is 0.0763. The van der Waals surface area contributed by atoms with Crippen molar-refractivity contribution in [1.29, 1.82) is 0 Å². The Labute approximate surface area is 106 Å². The van der Waals surface area contributed by atoms with Crippen molar-refractivity contribution in [3.63, 3.8) is 0 Å². The third-order valence-corrected chi connectivity index (χ3v) is 3.36. The van der Waals surface area contributed by atoms with Crippen molar-refractivity contribution < 1.29 is 17.6 Å². The maximum Gasteiger partial charge on any atom is 0.323 e. The molecule has 0 saturated heterocycles. The first kappa shape index (κ1) is 12.8. The lowest BCUT2D eigenvalue weighted by Crippen LogP contribution is -2.07. The predicted octanol–water partition coefficient (Wildman–Crippen LogP) is 2.52. The minimum atomic E-state index is -3.85. The van der Waals surface area contributed by atoms with Gasteiger partial charge in [-0.25, -0.2) is 4.89 Å². The molecule has 0 atom stereocenters. The second-order valence-electron chi connectivity index (χ2n) is 3.58. The van der Waals surface area contributed by atoms with Crippen molar-refractivity contribution in [3.05, 3.63) is 66.2 Å². The fraction of sp³-hybridized carbons (Fsp3) is 0.0769. The van der Waals surface area contributed by atoms with E-state index in [0.717, 1.165) is 5.56 Å². The maximum absolute atomic E-state index is 11.7. The molecule has 2 rings (SSSR count). The molecule has 0 radical (unpaired) electrons. The first-order chi connectivity index (χ1) is 8.68. The Kier molecular flexibility index (Phi) is 4.09. The van der Waals surface area contributed by atoms with Crippen molar-refractivity contribution in [2.75, 3.05) is 0 Å². The summed E-state index contributed by atoms with van der Waals surface area (Å²) in [6, 6.07) is 17.0. The second kappa shape index (κ2) is 5.77. The molecule has 0 spiro atoms. The van der Waals surface area contributed by atoms with Crippen molar-refractivity contribution in [2.45, 2.75) is 11.5 Å². The largest absolute Gasteiger partial charge is 0.323 e. The van der Waals surface area contributed by atoms with Crippen LogP contribution in [0.1, 0.15) is 5.56 Å². The van der Waals surface area contributed by atoms with Gasteiger partial charge in [-0.1, -0.05) is 48.5 Å². The van der Waals surface area contributed by atoms with Gasteiger partial charge in [-0.05, 0) is 17.7 Å². The summed E-state index contributed by atoms with van der Waals surface area (Å²) in [5.74, 6) is 0. The third kappa shape index (κ3) is 3.40. The van der Waals surface area contributed by atoms with Crippen LogP contribution in [0, 0.1) is 0 Å². The molecule has 2 aromatic rings. The molecule has 0 fully saturated rings. The molecule has 0 heterocycles. The number of hydrogen-bond donors (Lipinski definition) is 0. The zero-order valence-electron chi connectivity index (χ0n) is 9.52. The van der Waals surface area contributed by atoms with Gasteiger partial charge in [-0.15, -0.1) is 4.33 Å². The van der Waals surface area contributed by atoms with E-state index >= 15 is 0 Å². The molecule has 0 unspecified atom stereocenters. The first-order valence-corrected chi connectivity index (χ1v) is 6.74. The van der Waals surface area contributed by atoms with Gasteiger partial charge < -0.3 is 0 Å². The number of hydrogen-bond acceptors (Lipinski definition) is 4. The van der Waals surface area contributed by atoms with Gasteiger partial charge >= 0.3 is 10.1 Å². The van der Waals surface area contributed by atoms with Crippen LogP contribution >= 0.6 is 0 Å². The normalized spacial score (nSPS) is 11.3. The maximum atomic E-state index is 11.7. The molecule has 5 heteroatoms. The van der Waals surface area contributed by atoms with Crippen molar-refractivity contribution in [2.24, 2.45) is 0 Å². The standard InChI is InChI=1S/C13H12O4S/c14-18(15,13-9-5-2-6-10-13)17-16-11-12-7-3-1-4-8-12/h1-10H,11H2. The van der Waals surface area contributed by atoms with E-state index in [1.54, 1.807) is 18.2 Å². The van der Waals surface area contributed by atoms with E-state index in [1.807, 2.05) is 30.3 Å². The molecule has 0 aliphatic carbocycles. The quantitative estimate of drug-likeness (QED) is 0.615. The minimum Gasteiger partial charge on any atom is -0.215 e. The van der Waals surface area contributed by atoms with Gasteiger partial charge in [0.2, 0.25) is 0 Å². The highest BCUT2D eigenvalue weighted by Gasteiger charge is 2.15. The highest BCUT2D eigenvalue weighted by molar-refractivity contribution is 7.86. The van der Waals surface area contributed by atoms with E-state index < -0.39 is 10.1 Å². The average molecular weight is 264 g/mol. The van der Waals surface area contributed by atoms with Gasteiger partial charge in [0.1, 0.15) is 6.61 Å². The molecule has 0 aliphatic heterocycles. The highest BCUT2D eigenvalue weighted by atomic mass is 32.2. The molecule has 0 N–H and O–H groups in total. The number of rotatable bonds is 5. The molecule has 0 aliphatic rings. The Morgan fingerprint density at radius 2 is 1.39 bits per heavy atom. The van der Waals surface area contributed by atoms with Gasteiger partial charge in [0.25, 0.3) is 0 Å². The van der Waals surface area contributed by atoms with Crippen LogP contribution < -0.4 is 0 Å². The van der Waals surface area contributed by atoms with Crippen LogP contribution in [0.3, 0.4) is 0 Å². The molecule has 0 aromatic heterocycles. The van der Waals surface area contributed by atoms with Gasteiger partial charge in [0, 0.05) is 0 Å². The number of benzene rings is 2. The highest BCUT2D eigenvalue weighted by Crippen LogP contribution is 2.12. The fourth-order valence-electron chi connectivity index (χ4n) is 1.36. The summed E-state index contributed by atoms with van der Waals surface area (Å²) in [7, 11) is -3.85. The lowest BCUT2D eigenvalue weighted by atomic mass is 10.2. The van der Waals surface area contributed by atoms with E-state index in [2.05, 4.69) is 4.33 Å². The molecule has 0 amide bonds. The van der Waals surface area contributed by atoms with Gasteiger partial charge in [-0.2, -0.15) is 8.42 Å². The Morgan fingerprint density at radius 3 is 2.00 bits per heavy atom. The molecule has 94 valence electrons. The van der Waals surface area contributed by atoms with Crippen molar-refractivity contribution >= 4 is 10.1 Å². The molecule has 0 saturated carbocycles. The average Bonchev–Trinajstić information content (AvgIpc) is 2.41. The van der Waals surface area contributed by atoms with Crippen LogP contribution in [0.25, 0.3) is 0 Å². The lowest BCUT2D eigenvalue weighted by molar-refractivity contribution is -0.212. The Hall–Kier alpha value is -1.69. The van der Waals surface area contributed by atoms with E-state index in [4.69, 9.17) is 4.89 Å². The molecule has 2 aromatic carbocycles. The van der Waals surface area contributed by atoms with Crippen LogP contribution in [0.15, 0.2) is 65.6 Å². The van der Waals surface area contributed by atoms with E-state index in [-0.39, 0.29) is 11.5 Å². The van der Waals surface area contributed by atoms with E-state index in [1.165, 1.54) is 12.1 Å². The molecule has 18 heavy (non-hydrogen) atoms. The predicted molar refractivity (Wildman–Crippen MR) is 65.9 cm³/mol. The zero-order valence-corrected chi connectivity index (χ0v) is 10.3.